The fourth-order valence-corrected chi connectivity index (χ4v) is 2.82. The van der Waals surface area contributed by atoms with Crippen LogP contribution in [0.15, 0.2) is 42.5 Å². The van der Waals surface area contributed by atoms with E-state index in [2.05, 4.69) is 10.6 Å². The van der Waals surface area contributed by atoms with Crippen LogP contribution in [0.1, 0.15) is 17.5 Å². The summed E-state index contributed by atoms with van der Waals surface area (Å²) in [5.74, 6) is -0.501. The predicted molar refractivity (Wildman–Crippen MR) is 95.2 cm³/mol. The molecule has 2 aromatic carbocycles. The molecular formula is C19H20FN3O2. The predicted octanol–water partition coefficient (Wildman–Crippen LogP) is 3.37. The lowest BCUT2D eigenvalue weighted by molar-refractivity contribution is -0.118. The molecule has 2 N–H and O–H groups in total. The van der Waals surface area contributed by atoms with Crippen LogP contribution in [-0.2, 0) is 4.79 Å². The zero-order chi connectivity index (χ0) is 18.0. The molecule has 0 aliphatic carbocycles. The van der Waals surface area contributed by atoms with Crippen LogP contribution in [-0.4, -0.2) is 24.5 Å². The zero-order valence-corrected chi connectivity index (χ0v) is 14.2. The Morgan fingerprint density at radius 3 is 2.52 bits per heavy atom. The monoisotopic (exact) mass is 341 g/mol. The average Bonchev–Trinajstić information content (AvgIpc) is 2.93. The first-order valence-corrected chi connectivity index (χ1v) is 8.16. The number of hydrogen-bond acceptors (Lipinski definition) is 2. The smallest absolute Gasteiger partial charge is 0.319 e. The van der Waals surface area contributed by atoms with Crippen molar-refractivity contribution in [1.82, 2.24) is 5.32 Å². The molecule has 25 heavy (non-hydrogen) atoms. The van der Waals surface area contributed by atoms with Crippen LogP contribution in [0.4, 0.5) is 20.6 Å². The molecule has 0 saturated carbocycles. The van der Waals surface area contributed by atoms with Crippen molar-refractivity contribution in [3.8, 4) is 0 Å². The van der Waals surface area contributed by atoms with E-state index in [9.17, 15) is 14.0 Å². The number of carbonyl (C=O) groups excluding carboxylic acids is 2. The van der Waals surface area contributed by atoms with Gasteiger partial charge in [-0.25, -0.2) is 9.18 Å². The van der Waals surface area contributed by atoms with Crippen LogP contribution in [0, 0.1) is 19.7 Å². The second-order valence-electron chi connectivity index (χ2n) is 6.21. The lowest BCUT2D eigenvalue weighted by Gasteiger charge is -2.18. The van der Waals surface area contributed by atoms with E-state index in [1.165, 1.54) is 29.8 Å². The summed E-state index contributed by atoms with van der Waals surface area (Å²) in [4.78, 5) is 26.3. The Kier molecular flexibility index (Phi) is 4.70. The third kappa shape index (κ3) is 3.79. The Bertz CT molecular complexity index is 805. The number of urea groups is 1. The van der Waals surface area contributed by atoms with Crippen molar-refractivity contribution in [2.45, 2.75) is 26.3 Å². The van der Waals surface area contributed by atoms with Crippen LogP contribution < -0.4 is 15.5 Å². The molecule has 3 amide bonds. The SMILES string of the molecule is Cc1ccc(N2CCC(NC(=O)Nc3ccc(F)cc3)C2=O)cc1C. The molecule has 1 aliphatic rings. The molecule has 1 heterocycles. The van der Waals surface area contributed by atoms with E-state index in [4.69, 9.17) is 0 Å². The van der Waals surface area contributed by atoms with Crippen LogP contribution in [0.5, 0.6) is 0 Å². The van der Waals surface area contributed by atoms with Crippen molar-refractivity contribution in [2.24, 2.45) is 0 Å². The topological polar surface area (TPSA) is 61.4 Å². The highest BCUT2D eigenvalue weighted by Crippen LogP contribution is 2.24. The summed E-state index contributed by atoms with van der Waals surface area (Å²) >= 11 is 0. The Labute approximate surface area is 145 Å². The standard InChI is InChI=1S/C19H20FN3O2/c1-12-3-8-16(11-13(12)2)23-10-9-17(18(23)24)22-19(25)21-15-6-4-14(20)5-7-15/h3-8,11,17H,9-10H2,1-2H3,(H2,21,22,25). The number of hydrogen-bond donors (Lipinski definition) is 2. The van der Waals surface area contributed by atoms with Gasteiger partial charge in [0.2, 0.25) is 5.91 Å². The van der Waals surface area contributed by atoms with Gasteiger partial charge in [-0.3, -0.25) is 4.79 Å². The van der Waals surface area contributed by atoms with Gasteiger partial charge in [0, 0.05) is 17.9 Å². The van der Waals surface area contributed by atoms with Gasteiger partial charge in [0.05, 0.1) is 0 Å². The fourth-order valence-electron chi connectivity index (χ4n) is 2.82. The number of aryl methyl sites for hydroxylation is 2. The summed E-state index contributed by atoms with van der Waals surface area (Å²) in [6.07, 6.45) is 0.544. The normalized spacial score (nSPS) is 16.8. The minimum atomic E-state index is -0.568. The average molecular weight is 341 g/mol. The number of halogens is 1. The van der Waals surface area contributed by atoms with Gasteiger partial charge in [0.1, 0.15) is 11.9 Å². The summed E-state index contributed by atoms with van der Waals surface area (Å²) in [7, 11) is 0. The third-order valence-electron chi connectivity index (χ3n) is 4.42. The van der Waals surface area contributed by atoms with Crippen molar-refractivity contribution < 1.29 is 14.0 Å². The second kappa shape index (κ2) is 6.93. The second-order valence-corrected chi connectivity index (χ2v) is 6.21. The molecule has 1 unspecified atom stereocenters. The van der Waals surface area contributed by atoms with Gasteiger partial charge in [0.25, 0.3) is 0 Å². The molecule has 0 radical (unpaired) electrons. The van der Waals surface area contributed by atoms with E-state index in [1.54, 1.807) is 4.90 Å². The number of nitrogens with zero attached hydrogens (tertiary/aromatic N) is 1. The summed E-state index contributed by atoms with van der Waals surface area (Å²) in [6.45, 7) is 4.59. The van der Waals surface area contributed by atoms with Crippen molar-refractivity contribution in [3.05, 3.63) is 59.4 Å². The number of benzene rings is 2. The number of nitrogens with one attached hydrogen (secondary N) is 2. The summed E-state index contributed by atoms with van der Waals surface area (Å²) < 4.78 is 12.9. The first kappa shape index (κ1) is 17.0. The maximum absolute atomic E-state index is 12.9. The van der Waals surface area contributed by atoms with Gasteiger partial charge < -0.3 is 15.5 Å². The highest BCUT2D eigenvalue weighted by Gasteiger charge is 2.33. The fraction of sp³-hybridized carbons (Fsp3) is 0.263. The third-order valence-corrected chi connectivity index (χ3v) is 4.42. The van der Waals surface area contributed by atoms with Gasteiger partial charge in [0.15, 0.2) is 0 Å². The number of rotatable bonds is 3. The van der Waals surface area contributed by atoms with E-state index < -0.39 is 12.1 Å². The Morgan fingerprint density at radius 2 is 1.84 bits per heavy atom. The van der Waals surface area contributed by atoms with Gasteiger partial charge >= 0.3 is 6.03 Å². The summed E-state index contributed by atoms with van der Waals surface area (Å²) in [5.41, 5.74) is 3.60. The minimum absolute atomic E-state index is 0.127. The Hall–Kier alpha value is -2.89. The maximum Gasteiger partial charge on any atom is 0.319 e. The van der Waals surface area contributed by atoms with E-state index in [0.717, 1.165) is 11.3 Å². The molecule has 0 spiro atoms. The van der Waals surface area contributed by atoms with Gasteiger partial charge in [-0.2, -0.15) is 0 Å². The van der Waals surface area contributed by atoms with E-state index >= 15 is 0 Å². The maximum atomic E-state index is 12.9. The molecule has 130 valence electrons. The number of carbonyl (C=O) groups is 2. The highest BCUT2D eigenvalue weighted by molar-refractivity contribution is 6.02. The molecule has 1 aliphatic heterocycles. The van der Waals surface area contributed by atoms with E-state index in [-0.39, 0.29) is 11.7 Å². The first-order valence-electron chi connectivity index (χ1n) is 8.16. The quantitative estimate of drug-likeness (QED) is 0.899. The van der Waals surface area contributed by atoms with E-state index in [1.807, 2.05) is 32.0 Å². The molecule has 6 heteroatoms. The van der Waals surface area contributed by atoms with Crippen LogP contribution in [0.2, 0.25) is 0 Å². The number of anilines is 2. The number of amides is 3. The first-order chi connectivity index (χ1) is 11.9. The van der Waals surface area contributed by atoms with Crippen LogP contribution in [0.25, 0.3) is 0 Å². The highest BCUT2D eigenvalue weighted by atomic mass is 19.1. The van der Waals surface area contributed by atoms with Crippen LogP contribution >= 0.6 is 0 Å². The molecule has 0 bridgehead atoms. The summed E-state index contributed by atoms with van der Waals surface area (Å²) in [5, 5.41) is 5.28. The zero-order valence-electron chi connectivity index (χ0n) is 14.2. The molecule has 1 saturated heterocycles. The lowest BCUT2D eigenvalue weighted by Crippen LogP contribution is -2.43. The molecule has 2 aromatic rings. The van der Waals surface area contributed by atoms with Crippen molar-refractivity contribution in [2.75, 3.05) is 16.8 Å². The van der Waals surface area contributed by atoms with Crippen molar-refractivity contribution in [1.29, 1.82) is 0 Å². The molecule has 1 fully saturated rings. The van der Waals surface area contributed by atoms with Crippen LogP contribution in [0.3, 0.4) is 0 Å². The molecule has 0 aromatic heterocycles. The molecule has 5 nitrogen and oxygen atoms in total. The lowest BCUT2D eigenvalue weighted by atomic mass is 10.1. The van der Waals surface area contributed by atoms with E-state index in [0.29, 0.717) is 18.7 Å². The van der Waals surface area contributed by atoms with Gasteiger partial charge in [-0.05, 0) is 67.8 Å². The summed E-state index contributed by atoms with van der Waals surface area (Å²) in [6, 6.07) is 10.3. The van der Waals surface area contributed by atoms with Gasteiger partial charge in [-0.1, -0.05) is 6.07 Å². The minimum Gasteiger partial charge on any atom is -0.326 e. The van der Waals surface area contributed by atoms with Gasteiger partial charge in [-0.15, -0.1) is 0 Å². The largest absolute Gasteiger partial charge is 0.326 e. The van der Waals surface area contributed by atoms with Crippen molar-refractivity contribution >= 4 is 23.3 Å². The molecule has 3 rings (SSSR count). The molecule has 1 atom stereocenters. The van der Waals surface area contributed by atoms with Crippen molar-refractivity contribution in [3.63, 3.8) is 0 Å². The Balaban J connectivity index is 1.62. The molecular weight excluding hydrogens is 321 g/mol. The Morgan fingerprint density at radius 1 is 1.12 bits per heavy atom.